The van der Waals surface area contributed by atoms with Crippen LogP contribution in [-0.2, 0) is 12.1 Å². The van der Waals surface area contributed by atoms with Gasteiger partial charge in [0.15, 0.2) is 6.61 Å². The van der Waals surface area contributed by atoms with E-state index in [2.05, 4.69) is 10.1 Å². The Hall–Kier alpha value is -4.07. The Kier molecular flexibility index (Phi) is 7.35. The highest BCUT2D eigenvalue weighted by Crippen LogP contribution is 2.36. The summed E-state index contributed by atoms with van der Waals surface area (Å²) in [5.74, 6) is -6.32. The number of aromatic nitrogens is 5. The van der Waals surface area contributed by atoms with Gasteiger partial charge in [-0.25, -0.2) is 32.0 Å². The van der Waals surface area contributed by atoms with Crippen LogP contribution in [-0.4, -0.2) is 48.0 Å². The van der Waals surface area contributed by atoms with Crippen LogP contribution in [0.1, 0.15) is 18.5 Å². The highest BCUT2D eigenvalue weighted by molar-refractivity contribution is 5.37. The molecule has 38 heavy (non-hydrogen) atoms. The lowest BCUT2D eigenvalue weighted by Crippen LogP contribution is -2.43. The minimum atomic E-state index is -4.32. The summed E-state index contributed by atoms with van der Waals surface area (Å²) in [7, 11) is 0. The van der Waals surface area contributed by atoms with E-state index in [0.29, 0.717) is 6.07 Å². The number of rotatable bonds is 10. The summed E-state index contributed by atoms with van der Waals surface area (Å²) in [6, 6.07) is 6.68. The minimum Gasteiger partial charge on any atom is -0.487 e. The predicted octanol–water partition coefficient (Wildman–Crippen LogP) is 3.94. The molecule has 4 rings (SSSR count). The largest absolute Gasteiger partial charge is 0.487 e. The first-order chi connectivity index (χ1) is 17.9. The zero-order chi connectivity index (χ0) is 27.7. The fourth-order valence-corrected chi connectivity index (χ4v) is 3.90. The molecule has 0 radical (unpaired) electrons. The van der Waals surface area contributed by atoms with E-state index in [1.165, 1.54) is 60.9 Å². The number of hydrogen-bond donors (Lipinski definition) is 1. The second-order valence-corrected chi connectivity index (χ2v) is 8.52. The highest BCUT2D eigenvalue weighted by Gasteiger charge is 2.42. The van der Waals surface area contributed by atoms with Crippen LogP contribution in [0.15, 0.2) is 72.3 Å². The fraction of sp³-hybridized carbons (Fsp3) is 0.292. The quantitative estimate of drug-likeness (QED) is 0.308. The Morgan fingerprint density at radius 3 is 2.39 bits per heavy atom. The molecule has 8 nitrogen and oxygen atoms in total. The molecule has 0 spiro atoms. The fourth-order valence-electron chi connectivity index (χ4n) is 3.90. The van der Waals surface area contributed by atoms with Crippen molar-refractivity contribution in [3.8, 4) is 11.4 Å². The lowest BCUT2D eigenvalue weighted by Gasteiger charge is -2.35. The van der Waals surface area contributed by atoms with Crippen LogP contribution < -0.4 is 10.4 Å². The van der Waals surface area contributed by atoms with Crippen LogP contribution >= 0.6 is 0 Å². The van der Waals surface area contributed by atoms with Crippen molar-refractivity contribution in [2.45, 2.75) is 37.5 Å². The summed E-state index contributed by atoms with van der Waals surface area (Å²) in [5, 5.41) is 15.6. The molecule has 0 saturated heterocycles. The normalized spacial score (nSPS) is 14.4. The van der Waals surface area contributed by atoms with Gasteiger partial charge in [-0.3, -0.25) is 9.13 Å². The van der Waals surface area contributed by atoms with Gasteiger partial charge in [-0.15, -0.1) is 0 Å². The van der Waals surface area contributed by atoms with Gasteiger partial charge in [-0.1, -0.05) is 6.07 Å². The van der Waals surface area contributed by atoms with Gasteiger partial charge in [0.2, 0.25) is 0 Å². The summed E-state index contributed by atoms with van der Waals surface area (Å²) in [6.45, 7) is -0.391. The van der Waals surface area contributed by atoms with Gasteiger partial charge in [0.25, 0.3) is 0 Å². The lowest BCUT2D eigenvalue weighted by atomic mass is 9.86. The molecule has 2 aromatic heterocycles. The van der Waals surface area contributed by atoms with E-state index in [4.69, 9.17) is 4.74 Å². The highest BCUT2D eigenvalue weighted by atomic mass is 19.3. The molecule has 2 aromatic carbocycles. The first-order valence-electron chi connectivity index (χ1n) is 11.1. The van der Waals surface area contributed by atoms with E-state index in [1.54, 1.807) is 0 Å². The molecule has 202 valence electrons. The number of nitrogens with zero attached hydrogens (tertiary/aromatic N) is 5. The zero-order valence-electron chi connectivity index (χ0n) is 19.7. The Morgan fingerprint density at radius 2 is 1.79 bits per heavy atom. The zero-order valence-corrected chi connectivity index (χ0v) is 19.7. The van der Waals surface area contributed by atoms with E-state index in [-0.39, 0.29) is 23.5 Å². The van der Waals surface area contributed by atoms with Crippen molar-refractivity contribution in [3.63, 3.8) is 0 Å². The molecule has 0 unspecified atom stereocenters. The average molecular weight is 541 g/mol. The van der Waals surface area contributed by atoms with Crippen LogP contribution in [0.25, 0.3) is 5.69 Å². The number of hydrogen-bond acceptors (Lipinski definition) is 5. The molecule has 0 aliphatic rings. The summed E-state index contributed by atoms with van der Waals surface area (Å²) in [6.07, 6.45) is 1.31. The van der Waals surface area contributed by atoms with Crippen LogP contribution in [0.3, 0.4) is 0 Å². The molecule has 2 atom stereocenters. The summed E-state index contributed by atoms with van der Waals surface area (Å²) in [4.78, 5) is 17.1. The van der Waals surface area contributed by atoms with Gasteiger partial charge in [0.05, 0.1) is 18.3 Å². The van der Waals surface area contributed by atoms with Gasteiger partial charge in [-0.2, -0.15) is 13.9 Å². The molecule has 14 heteroatoms. The predicted molar refractivity (Wildman–Crippen MR) is 121 cm³/mol. The molecule has 0 saturated carbocycles. The summed E-state index contributed by atoms with van der Waals surface area (Å²) >= 11 is 0. The van der Waals surface area contributed by atoms with E-state index >= 15 is 0 Å². The van der Waals surface area contributed by atoms with E-state index in [9.17, 15) is 36.2 Å². The maximum absolute atomic E-state index is 14.8. The molecule has 0 aliphatic heterocycles. The molecule has 0 aliphatic carbocycles. The molecule has 1 N–H and O–H groups in total. The number of benzene rings is 2. The molecular weight excluding hydrogens is 520 g/mol. The minimum absolute atomic E-state index is 0.121. The average Bonchev–Trinajstić information content (AvgIpc) is 3.52. The van der Waals surface area contributed by atoms with E-state index < -0.39 is 47.9 Å². The van der Waals surface area contributed by atoms with Gasteiger partial charge in [0.1, 0.15) is 35.6 Å². The second kappa shape index (κ2) is 10.4. The molecule has 0 amide bonds. The Morgan fingerprint density at radius 1 is 1.08 bits per heavy atom. The van der Waals surface area contributed by atoms with Crippen LogP contribution in [0.4, 0.5) is 26.3 Å². The first-order valence-corrected chi connectivity index (χ1v) is 11.1. The van der Waals surface area contributed by atoms with Crippen molar-refractivity contribution in [3.05, 3.63) is 95.2 Å². The monoisotopic (exact) mass is 541 g/mol. The maximum atomic E-state index is 14.8. The van der Waals surface area contributed by atoms with E-state index in [1.807, 2.05) is 0 Å². The topological polar surface area (TPSA) is 87.1 Å². The van der Waals surface area contributed by atoms with Crippen LogP contribution in [0.5, 0.6) is 5.75 Å². The Balaban J connectivity index is 1.64. The third-order valence-electron chi connectivity index (χ3n) is 6.04. The van der Waals surface area contributed by atoms with Gasteiger partial charge in [-0.05, 0) is 37.3 Å². The third kappa shape index (κ3) is 5.30. The van der Waals surface area contributed by atoms with Crippen LogP contribution in [0.2, 0.25) is 0 Å². The Bertz CT molecular complexity index is 1440. The van der Waals surface area contributed by atoms with Gasteiger partial charge >= 0.3 is 18.0 Å². The van der Waals surface area contributed by atoms with Crippen molar-refractivity contribution in [1.82, 2.24) is 23.9 Å². The van der Waals surface area contributed by atoms with Crippen molar-refractivity contribution in [1.29, 1.82) is 0 Å². The van der Waals surface area contributed by atoms with Crippen molar-refractivity contribution in [2.75, 3.05) is 6.61 Å². The number of ether oxygens (including phenoxy) is 1. The Labute approximate surface area is 211 Å². The third-order valence-corrected chi connectivity index (χ3v) is 6.04. The van der Waals surface area contributed by atoms with Gasteiger partial charge in [0, 0.05) is 24.0 Å². The van der Waals surface area contributed by atoms with E-state index in [0.717, 1.165) is 21.3 Å². The first kappa shape index (κ1) is 27.0. The standard InChI is InChI=1S/C24H21F6N5O3/c1-15(23(37,11-33-14-31-13-32-33)19-7-2-16(25)10-20(19)26)34-8-9-35(22(34)36)17-3-5-18(6-4-17)38-12-24(29,30)21(27)28/h2-10,13-15,21,37H,11-12H2,1H3/t15-,23+/m1/s1. The lowest BCUT2D eigenvalue weighted by molar-refractivity contribution is -0.148. The number of aliphatic hydroxyl groups is 1. The number of halogens is 6. The number of alkyl halides is 4. The molecular formula is C24H21F6N5O3. The molecule has 2 heterocycles. The van der Waals surface area contributed by atoms with Crippen LogP contribution in [0, 0.1) is 11.6 Å². The smallest absolute Gasteiger partial charge is 0.340 e. The van der Waals surface area contributed by atoms with Crippen molar-refractivity contribution < 1.29 is 36.2 Å². The van der Waals surface area contributed by atoms with Crippen molar-refractivity contribution >= 4 is 0 Å². The second-order valence-electron chi connectivity index (χ2n) is 8.52. The molecule has 0 fully saturated rings. The van der Waals surface area contributed by atoms with Gasteiger partial charge < -0.3 is 9.84 Å². The molecule has 4 aromatic rings. The SMILES string of the molecule is C[C@@H](n1ccn(-c2ccc(OCC(F)(F)C(F)F)cc2)c1=O)[C@@](O)(Cn1cncn1)c1ccc(F)cc1F. The summed E-state index contributed by atoms with van der Waals surface area (Å²) in [5.41, 5.74) is -2.75. The maximum Gasteiger partial charge on any atom is 0.340 e. The summed E-state index contributed by atoms with van der Waals surface area (Å²) < 4.78 is 87.5. The van der Waals surface area contributed by atoms with Crippen molar-refractivity contribution in [2.24, 2.45) is 0 Å². The molecule has 0 bridgehead atoms. The number of imidazole rings is 1.